The molecule has 0 amide bonds. The Bertz CT molecular complexity index is 215. The second kappa shape index (κ2) is 6.69. The molecule has 100 valence electrons. The molecule has 17 heavy (non-hydrogen) atoms. The van der Waals surface area contributed by atoms with Gasteiger partial charge in [0, 0.05) is 32.3 Å². The second-order valence-corrected chi connectivity index (χ2v) is 5.55. The molecule has 4 nitrogen and oxygen atoms in total. The normalized spacial score (nSPS) is 27.4. The van der Waals surface area contributed by atoms with Gasteiger partial charge >= 0.3 is 0 Å². The smallest absolute Gasteiger partial charge is 0.0791 e. The van der Waals surface area contributed by atoms with Crippen LogP contribution in [0.4, 0.5) is 0 Å². The lowest BCUT2D eigenvalue weighted by Crippen LogP contribution is -2.41. The number of aliphatic hydroxyl groups excluding tert-OH is 1. The molecule has 2 atom stereocenters. The molecular weight excluding hydrogens is 216 g/mol. The van der Waals surface area contributed by atoms with Crippen molar-refractivity contribution in [3.8, 4) is 0 Å². The average Bonchev–Trinajstić information content (AvgIpc) is 3.11. The zero-order valence-corrected chi connectivity index (χ0v) is 10.9. The number of ether oxygens (including phenoxy) is 1. The predicted octanol–water partition coefficient (Wildman–Crippen LogP) is 0.600. The van der Waals surface area contributed by atoms with E-state index in [9.17, 15) is 5.11 Å². The molecule has 1 heterocycles. The van der Waals surface area contributed by atoms with Crippen molar-refractivity contribution < 1.29 is 9.84 Å². The number of nitrogens with zero attached hydrogens (tertiary/aromatic N) is 1. The van der Waals surface area contributed by atoms with Gasteiger partial charge in [0.05, 0.1) is 12.2 Å². The fraction of sp³-hybridized carbons (Fsp3) is 1.00. The van der Waals surface area contributed by atoms with Crippen LogP contribution in [0, 0.1) is 0 Å². The molecule has 1 saturated heterocycles. The van der Waals surface area contributed by atoms with Crippen LogP contribution in [0.5, 0.6) is 0 Å². The van der Waals surface area contributed by atoms with Crippen LogP contribution in [0.3, 0.4) is 0 Å². The molecule has 2 fully saturated rings. The highest BCUT2D eigenvalue weighted by atomic mass is 16.5. The van der Waals surface area contributed by atoms with Gasteiger partial charge in [0.1, 0.15) is 0 Å². The van der Waals surface area contributed by atoms with Gasteiger partial charge in [-0.2, -0.15) is 0 Å². The second-order valence-electron chi connectivity index (χ2n) is 5.55. The van der Waals surface area contributed by atoms with Crippen molar-refractivity contribution in [3.63, 3.8) is 0 Å². The molecule has 2 N–H and O–H groups in total. The number of likely N-dealkylation sites (N-methyl/N-ethyl adjacent to an activating group) is 1. The van der Waals surface area contributed by atoms with E-state index in [4.69, 9.17) is 4.74 Å². The Kier molecular flexibility index (Phi) is 5.22. The molecule has 4 heteroatoms. The summed E-state index contributed by atoms with van der Waals surface area (Å²) in [6.07, 6.45) is 6.32. The molecule has 1 aliphatic carbocycles. The van der Waals surface area contributed by atoms with Crippen molar-refractivity contribution in [2.24, 2.45) is 0 Å². The van der Waals surface area contributed by atoms with Crippen LogP contribution in [0.1, 0.15) is 32.1 Å². The molecule has 0 spiro atoms. The van der Waals surface area contributed by atoms with Crippen LogP contribution in [-0.4, -0.2) is 61.5 Å². The van der Waals surface area contributed by atoms with E-state index in [0.29, 0.717) is 12.1 Å². The maximum atomic E-state index is 9.88. The lowest BCUT2D eigenvalue weighted by atomic mass is 10.1. The van der Waals surface area contributed by atoms with E-state index in [0.717, 1.165) is 26.2 Å². The number of rotatable bonds is 7. The van der Waals surface area contributed by atoms with Gasteiger partial charge in [-0.15, -0.1) is 0 Å². The van der Waals surface area contributed by atoms with Crippen molar-refractivity contribution in [1.82, 2.24) is 10.2 Å². The molecule has 0 aromatic heterocycles. The topological polar surface area (TPSA) is 44.7 Å². The van der Waals surface area contributed by atoms with Gasteiger partial charge in [0.2, 0.25) is 0 Å². The zero-order chi connectivity index (χ0) is 12.1. The Morgan fingerprint density at radius 2 is 2.18 bits per heavy atom. The number of nitrogens with one attached hydrogen (secondary N) is 1. The van der Waals surface area contributed by atoms with Gasteiger partial charge in [-0.3, -0.25) is 0 Å². The van der Waals surface area contributed by atoms with E-state index in [1.807, 2.05) is 0 Å². The van der Waals surface area contributed by atoms with E-state index in [2.05, 4.69) is 17.3 Å². The summed E-state index contributed by atoms with van der Waals surface area (Å²) < 4.78 is 5.70. The maximum absolute atomic E-state index is 9.88. The fourth-order valence-corrected chi connectivity index (χ4v) is 2.39. The number of hydrogen-bond acceptors (Lipinski definition) is 4. The summed E-state index contributed by atoms with van der Waals surface area (Å²) in [7, 11) is 2.07. The molecule has 1 aliphatic heterocycles. The minimum Gasteiger partial charge on any atom is -0.390 e. The van der Waals surface area contributed by atoms with Crippen molar-refractivity contribution in [1.29, 1.82) is 0 Å². The lowest BCUT2D eigenvalue weighted by Gasteiger charge is -2.28. The van der Waals surface area contributed by atoms with Crippen LogP contribution in [0.15, 0.2) is 0 Å². The SMILES string of the molecule is CN(CC(O)CNC1CC1)CC1CCCCO1. The van der Waals surface area contributed by atoms with Crippen molar-refractivity contribution in [2.75, 3.05) is 33.3 Å². The van der Waals surface area contributed by atoms with Crippen molar-refractivity contribution in [2.45, 2.75) is 50.4 Å². The molecule has 2 aliphatic rings. The van der Waals surface area contributed by atoms with Crippen LogP contribution in [0.25, 0.3) is 0 Å². The van der Waals surface area contributed by atoms with Crippen LogP contribution in [-0.2, 0) is 4.74 Å². The Morgan fingerprint density at radius 3 is 2.82 bits per heavy atom. The van der Waals surface area contributed by atoms with Gasteiger partial charge in [-0.25, -0.2) is 0 Å². The summed E-state index contributed by atoms with van der Waals surface area (Å²) in [4.78, 5) is 2.19. The summed E-state index contributed by atoms with van der Waals surface area (Å²) >= 11 is 0. The first-order chi connectivity index (χ1) is 8.24. The third-order valence-corrected chi connectivity index (χ3v) is 3.53. The molecule has 0 aromatic rings. The van der Waals surface area contributed by atoms with Crippen molar-refractivity contribution in [3.05, 3.63) is 0 Å². The third-order valence-electron chi connectivity index (χ3n) is 3.53. The third kappa shape index (κ3) is 5.34. The summed E-state index contributed by atoms with van der Waals surface area (Å²) in [6, 6.07) is 0.677. The Labute approximate surface area is 104 Å². The van der Waals surface area contributed by atoms with Crippen molar-refractivity contribution >= 4 is 0 Å². The quantitative estimate of drug-likeness (QED) is 0.686. The van der Waals surface area contributed by atoms with Gasteiger partial charge < -0.3 is 20.1 Å². The Morgan fingerprint density at radius 1 is 1.35 bits per heavy atom. The first-order valence-electron chi connectivity index (χ1n) is 6.95. The van der Waals surface area contributed by atoms with E-state index >= 15 is 0 Å². The van der Waals surface area contributed by atoms with E-state index in [-0.39, 0.29) is 6.10 Å². The highest BCUT2D eigenvalue weighted by molar-refractivity contribution is 4.82. The summed E-state index contributed by atoms with van der Waals surface area (Å²) in [6.45, 7) is 3.31. The molecule has 0 aromatic carbocycles. The first-order valence-corrected chi connectivity index (χ1v) is 6.95. The average molecular weight is 242 g/mol. The van der Waals surface area contributed by atoms with Crippen LogP contribution < -0.4 is 5.32 Å². The maximum Gasteiger partial charge on any atom is 0.0791 e. The zero-order valence-electron chi connectivity index (χ0n) is 10.9. The van der Waals surface area contributed by atoms with E-state index < -0.39 is 0 Å². The predicted molar refractivity (Wildman–Crippen MR) is 68.1 cm³/mol. The standard InChI is InChI=1S/C13H26N2O2/c1-15(10-13-4-2-3-7-17-13)9-12(16)8-14-11-5-6-11/h11-14,16H,2-10H2,1H3. The summed E-state index contributed by atoms with van der Waals surface area (Å²) in [5.74, 6) is 0. The lowest BCUT2D eigenvalue weighted by molar-refractivity contribution is -0.00771. The summed E-state index contributed by atoms with van der Waals surface area (Å²) in [5, 5.41) is 13.2. The Hall–Kier alpha value is -0.160. The minimum atomic E-state index is -0.260. The monoisotopic (exact) mass is 242 g/mol. The van der Waals surface area contributed by atoms with Crippen LogP contribution in [0.2, 0.25) is 0 Å². The van der Waals surface area contributed by atoms with Gasteiger partial charge in [-0.1, -0.05) is 0 Å². The molecule has 1 saturated carbocycles. The van der Waals surface area contributed by atoms with Crippen LogP contribution >= 0.6 is 0 Å². The fourth-order valence-electron chi connectivity index (χ4n) is 2.39. The van der Waals surface area contributed by atoms with E-state index in [1.54, 1.807) is 0 Å². The molecule has 0 radical (unpaired) electrons. The molecule has 2 unspecified atom stereocenters. The highest BCUT2D eigenvalue weighted by Gasteiger charge is 2.22. The summed E-state index contributed by atoms with van der Waals surface area (Å²) in [5.41, 5.74) is 0. The number of aliphatic hydroxyl groups is 1. The molecule has 2 rings (SSSR count). The first kappa shape index (κ1) is 13.3. The number of hydrogen-bond donors (Lipinski definition) is 2. The van der Waals surface area contributed by atoms with Gasteiger partial charge in [0.25, 0.3) is 0 Å². The van der Waals surface area contributed by atoms with E-state index in [1.165, 1.54) is 32.1 Å². The minimum absolute atomic E-state index is 0.260. The molecular formula is C13H26N2O2. The molecule has 0 bridgehead atoms. The van der Waals surface area contributed by atoms with Gasteiger partial charge in [0.15, 0.2) is 0 Å². The Balaban J connectivity index is 1.56. The van der Waals surface area contributed by atoms with Gasteiger partial charge in [-0.05, 0) is 39.2 Å². The highest BCUT2D eigenvalue weighted by Crippen LogP contribution is 2.18. The largest absolute Gasteiger partial charge is 0.390 e.